The van der Waals surface area contributed by atoms with E-state index in [9.17, 15) is 5.11 Å². The molecule has 5 rings (SSSR count). The summed E-state index contributed by atoms with van der Waals surface area (Å²) in [6.45, 7) is 2.54. The Labute approximate surface area is 178 Å². The standard InChI is InChI=1S/C21H23N7O3/c1-30-17(13-29)21-24-18(27-7-9-31-10-8-27)11-19(25-21)28-6-4-16(26-28)15-12-23-20-14(15)3-2-5-22-20/h2-6,11-12,17,29H,7-10,13H2,1H3,(H,22,23)/t17-/m1/s1. The van der Waals surface area contributed by atoms with Crippen molar-refractivity contribution in [3.63, 3.8) is 0 Å². The molecule has 0 amide bonds. The Bertz CT molecular complexity index is 1180. The van der Waals surface area contributed by atoms with E-state index < -0.39 is 6.10 Å². The molecule has 10 nitrogen and oxygen atoms in total. The van der Waals surface area contributed by atoms with Crippen molar-refractivity contribution < 1.29 is 14.6 Å². The number of rotatable bonds is 6. The van der Waals surface area contributed by atoms with Crippen molar-refractivity contribution in [3.05, 3.63) is 48.7 Å². The number of aliphatic hydroxyl groups excluding tert-OH is 1. The zero-order chi connectivity index (χ0) is 21.2. The van der Waals surface area contributed by atoms with Crippen LogP contribution in [-0.4, -0.2) is 74.8 Å². The van der Waals surface area contributed by atoms with E-state index in [-0.39, 0.29) is 6.61 Å². The molecule has 10 heteroatoms. The third-order valence-electron chi connectivity index (χ3n) is 5.34. The fourth-order valence-electron chi connectivity index (χ4n) is 3.68. The predicted octanol–water partition coefficient (Wildman–Crippen LogP) is 1.72. The highest BCUT2D eigenvalue weighted by Gasteiger charge is 2.20. The van der Waals surface area contributed by atoms with Gasteiger partial charge in [0.15, 0.2) is 11.6 Å². The van der Waals surface area contributed by atoms with Gasteiger partial charge in [0.25, 0.3) is 0 Å². The van der Waals surface area contributed by atoms with Crippen LogP contribution in [0.15, 0.2) is 42.9 Å². The minimum absolute atomic E-state index is 0.213. The van der Waals surface area contributed by atoms with Crippen LogP contribution in [0.1, 0.15) is 11.9 Å². The Kier molecular flexibility index (Phi) is 5.33. The summed E-state index contributed by atoms with van der Waals surface area (Å²) < 4.78 is 12.5. The number of nitrogens with one attached hydrogen (secondary N) is 1. The maximum atomic E-state index is 9.70. The number of methoxy groups -OCH3 is 1. The number of morpholine rings is 1. The molecule has 0 spiro atoms. The molecule has 1 aliphatic rings. The Morgan fingerprint density at radius 2 is 2.06 bits per heavy atom. The van der Waals surface area contributed by atoms with Gasteiger partial charge in [-0.25, -0.2) is 19.6 Å². The van der Waals surface area contributed by atoms with Gasteiger partial charge in [-0.05, 0) is 18.2 Å². The van der Waals surface area contributed by atoms with Crippen molar-refractivity contribution in [2.45, 2.75) is 6.10 Å². The summed E-state index contributed by atoms with van der Waals surface area (Å²) in [5, 5.41) is 15.4. The van der Waals surface area contributed by atoms with E-state index in [1.807, 2.05) is 36.7 Å². The van der Waals surface area contributed by atoms with E-state index in [1.165, 1.54) is 7.11 Å². The first-order chi connectivity index (χ1) is 15.3. The topological polar surface area (TPSA) is 114 Å². The van der Waals surface area contributed by atoms with Crippen LogP contribution in [0, 0.1) is 0 Å². The number of fused-ring (bicyclic) bond motifs is 1. The highest BCUT2D eigenvalue weighted by atomic mass is 16.5. The molecule has 1 atom stereocenters. The van der Waals surface area contributed by atoms with Gasteiger partial charge in [-0.1, -0.05) is 0 Å². The van der Waals surface area contributed by atoms with Crippen molar-refractivity contribution in [3.8, 4) is 17.1 Å². The molecule has 160 valence electrons. The molecule has 0 saturated carbocycles. The molecule has 0 radical (unpaired) electrons. The van der Waals surface area contributed by atoms with Gasteiger partial charge in [-0.2, -0.15) is 5.10 Å². The van der Waals surface area contributed by atoms with Crippen LogP contribution in [0.4, 0.5) is 5.82 Å². The number of ether oxygens (including phenoxy) is 2. The van der Waals surface area contributed by atoms with E-state index >= 15 is 0 Å². The molecule has 31 heavy (non-hydrogen) atoms. The Hall–Kier alpha value is -3.34. The minimum atomic E-state index is -0.616. The maximum absolute atomic E-state index is 9.70. The molecule has 2 N–H and O–H groups in total. The zero-order valence-electron chi connectivity index (χ0n) is 17.1. The van der Waals surface area contributed by atoms with Crippen LogP contribution < -0.4 is 4.90 Å². The molecule has 4 aromatic rings. The van der Waals surface area contributed by atoms with E-state index in [4.69, 9.17) is 14.6 Å². The number of hydrogen-bond donors (Lipinski definition) is 2. The molecule has 5 heterocycles. The SMILES string of the molecule is CO[C@H](CO)c1nc(N2CCOCC2)cc(-n2ccc(-c3c[nH]c4ncccc34)n2)n1. The first-order valence-corrected chi connectivity index (χ1v) is 10.1. The van der Waals surface area contributed by atoms with Crippen LogP contribution >= 0.6 is 0 Å². The first-order valence-electron chi connectivity index (χ1n) is 10.1. The van der Waals surface area contributed by atoms with Gasteiger partial charge in [0.05, 0.1) is 25.5 Å². The minimum Gasteiger partial charge on any atom is -0.393 e. The van der Waals surface area contributed by atoms with Gasteiger partial charge in [-0.3, -0.25) is 0 Å². The first kappa shape index (κ1) is 19.6. The van der Waals surface area contributed by atoms with Gasteiger partial charge in [0.1, 0.15) is 17.6 Å². The van der Waals surface area contributed by atoms with E-state index in [0.717, 1.165) is 41.2 Å². The highest BCUT2D eigenvalue weighted by Crippen LogP contribution is 2.27. The van der Waals surface area contributed by atoms with Gasteiger partial charge < -0.3 is 24.5 Å². The van der Waals surface area contributed by atoms with Crippen molar-refractivity contribution in [2.75, 3.05) is 44.9 Å². The number of pyridine rings is 1. The Morgan fingerprint density at radius 3 is 2.87 bits per heavy atom. The number of aromatic nitrogens is 6. The number of nitrogens with zero attached hydrogens (tertiary/aromatic N) is 6. The maximum Gasteiger partial charge on any atom is 0.164 e. The molecule has 0 bridgehead atoms. The summed E-state index contributed by atoms with van der Waals surface area (Å²) in [6, 6.07) is 7.75. The van der Waals surface area contributed by atoms with E-state index in [0.29, 0.717) is 24.9 Å². The number of aromatic amines is 1. The fourth-order valence-corrected chi connectivity index (χ4v) is 3.68. The number of H-pyrrole nitrogens is 1. The number of hydrogen-bond acceptors (Lipinski definition) is 8. The number of aliphatic hydroxyl groups is 1. The Balaban J connectivity index is 1.55. The van der Waals surface area contributed by atoms with Crippen molar-refractivity contribution in [1.82, 2.24) is 29.7 Å². The summed E-state index contributed by atoms with van der Waals surface area (Å²) >= 11 is 0. The second-order valence-corrected chi connectivity index (χ2v) is 7.20. The molecule has 1 saturated heterocycles. The summed E-state index contributed by atoms with van der Waals surface area (Å²) in [4.78, 5) is 18.9. The second kappa shape index (κ2) is 8.42. The molecule has 0 aliphatic carbocycles. The van der Waals surface area contributed by atoms with Crippen LogP contribution in [0.5, 0.6) is 0 Å². The summed E-state index contributed by atoms with van der Waals surface area (Å²) in [7, 11) is 1.53. The molecule has 1 aliphatic heterocycles. The summed E-state index contributed by atoms with van der Waals surface area (Å²) in [5.74, 6) is 1.77. The summed E-state index contributed by atoms with van der Waals surface area (Å²) in [6.07, 6.45) is 4.90. The summed E-state index contributed by atoms with van der Waals surface area (Å²) in [5.41, 5.74) is 2.59. The lowest BCUT2D eigenvalue weighted by Crippen LogP contribution is -2.37. The van der Waals surface area contributed by atoms with Gasteiger partial charge in [0, 0.05) is 55.8 Å². The lowest BCUT2D eigenvalue weighted by Gasteiger charge is -2.28. The second-order valence-electron chi connectivity index (χ2n) is 7.20. The molecule has 1 fully saturated rings. The molecule has 0 unspecified atom stereocenters. The smallest absolute Gasteiger partial charge is 0.164 e. The average molecular weight is 421 g/mol. The van der Waals surface area contributed by atoms with Gasteiger partial charge >= 0.3 is 0 Å². The quantitative estimate of drug-likeness (QED) is 0.484. The van der Waals surface area contributed by atoms with Crippen molar-refractivity contribution >= 4 is 16.9 Å². The van der Waals surface area contributed by atoms with E-state index in [2.05, 4.69) is 24.8 Å². The van der Waals surface area contributed by atoms with Gasteiger partial charge in [0.2, 0.25) is 0 Å². The monoisotopic (exact) mass is 421 g/mol. The molecule has 0 aromatic carbocycles. The Morgan fingerprint density at radius 1 is 1.23 bits per heavy atom. The predicted molar refractivity (Wildman–Crippen MR) is 114 cm³/mol. The largest absolute Gasteiger partial charge is 0.393 e. The van der Waals surface area contributed by atoms with Crippen LogP contribution in [0.2, 0.25) is 0 Å². The normalized spacial score (nSPS) is 15.5. The van der Waals surface area contributed by atoms with Crippen LogP contribution in [0.25, 0.3) is 28.1 Å². The molecular formula is C21H23N7O3. The van der Waals surface area contributed by atoms with Crippen LogP contribution in [-0.2, 0) is 9.47 Å². The fraction of sp³-hybridized carbons (Fsp3) is 0.333. The zero-order valence-corrected chi connectivity index (χ0v) is 17.1. The van der Waals surface area contributed by atoms with Crippen molar-refractivity contribution in [1.29, 1.82) is 0 Å². The lowest BCUT2D eigenvalue weighted by atomic mass is 10.2. The number of anilines is 1. The van der Waals surface area contributed by atoms with Crippen molar-refractivity contribution in [2.24, 2.45) is 0 Å². The lowest BCUT2D eigenvalue weighted by molar-refractivity contribution is 0.0422. The van der Waals surface area contributed by atoms with Gasteiger partial charge in [-0.15, -0.1) is 0 Å². The highest BCUT2D eigenvalue weighted by molar-refractivity contribution is 5.92. The third kappa shape index (κ3) is 3.76. The molecule has 4 aromatic heterocycles. The average Bonchev–Trinajstić information content (AvgIpc) is 3.48. The molecular weight excluding hydrogens is 398 g/mol. The van der Waals surface area contributed by atoms with E-state index in [1.54, 1.807) is 10.9 Å². The third-order valence-corrected chi connectivity index (χ3v) is 5.34. The van der Waals surface area contributed by atoms with Crippen LogP contribution in [0.3, 0.4) is 0 Å².